The molecule has 0 unspecified atom stereocenters. The predicted octanol–water partition coefficient (Wildman–Crippen LogP) is 4.85. The molecule has 0 aromatic rings. The molecule has 0 aromatic carbocycles. The van der Waals surface area contributed by atoms with E-state index in [1.165, 1.54) is 46.6 Å². The van der Waals surface area contributed by atoms with Gasteiger partial charge in [0.25, 0.3) is 0 Å². The molecule has 23 heavy (non-hydrogen) atoms. The second-order valence-corrected chi connectivity index (χ2v) is 11.2. The number of hydrogen-bond donors (Lipinski definition) is 0. The van der Waals surface area contributed by atoms with Gasteiger partial charge in [-0.05, 0) is 22.9 Å². The normalized spacial score (nSPS) is 29.0. The highest BCUT2D eigenvalue weighted by Crippen LogP contribution is 2.61. The molecule has 2 fully saturated rings. The van der Waals surface area contributed by atoms with Crippen molar-refractivity contribution in [3.63, 3.8) is 0 Å². The summed E-state index contributed by atoms with van der Waals surface area (Å²) in [5.41, 5.74) is 3.06. The van der Waals surface area contributed by atoms with E-state index in [0.717, 1.165) is 0 Å². The van der Waals surface area contributed by atoms with E-state index in [4.69, 9.17) is 0 Å². The fourth-order valence-electron chi connectivity index (χ4n) is 4.29. The lowest BCUT2D eigenvalue weighted by Crippen LogP contribution is -2.48. The lowest BCUT2D eigenvalue weighted by atomic mass is 9.91. The number of fused-ring (bicyclic) bond motifs is 2. The largest absolute Gasteiger partial charge is 0.0762 e. The first-order valence-electron chi connectivity index (χ1n) is 8.15. The second-order valence-electron chi connectivity index (χ2n) is 6.97. The van der Waals surface area contributed by atoms with Crippen molar-refractivity contribution < 1.29 is 0 Å². The van der Waals surface area contributed by atoms with E-state index in [9.17, 15) is 0 Å². The molecule has 0 atom stereocenters. The summed E-state index contributed by atoms with van der Waals surface area (Å²) in [5.74, 6) is 7.88. The summed E-state index contributed by atoms with van der Waals surface area (Å²) >= 11 is 0. The maximum Gasteiger partial charge on any atom is 0.0642 e. The summed E-state index contributed by atoms with van der Waals surface area (Å²) in [5, 5.41) is 0. The molecule has 0 saturated heterocycles. The molecule has 4 aliphatic rings. The molecule has 4 rings (SSSR count). The molecule has 4 aliphatic carbocycles. The Labute approximate surface area is 143 Å². The summed E-state index contributed by atoms with van der Waals surface area (Å²) in [6.45, 7) is 9.37. The van der Waals surface area contributed by atoms with Gasteiger partial charge in [-0.1, -0.05) is 75.5 Å². The van der Waals surface area contributed by atoms with Crippen molar-refractivity contribution in [1.82, 2.24) is 0 Å². The average Bonchev–Trinajstić information content (AvgIpc) is 3.02. The molecule has 0 spiro atoms. The van der Waals surface area contributed by atoms with Gasteiger partial charge in [0.15, 0.2) is 0 Å². The topological polar surface area (TPSA) is 0 Å². The van der Waals surface area contributed by atoms with Gasteiger partial charge in [0.1, 0.15) is 0 Å². The standard InChI is InChI=1S/C22H20Si/c1-15-13-17-9-5-7-11-19(17)21(15)23(3,4)22-16(2)14-18-10-6-8-12-20(18)22/h5-12H,1-4H3. The Bertz CT molecular complexity index is 529. The molecule has 0 bridgehead atoms. The van der Waals surface area contributed by atoms with Crippen molar-refractivity contribution in [3.8, 4) is 0 Å². The summed E-state index contributed by atoms with van der Waals surface area (Å²) in [6.07, 6.45) is 24.5. The maximum absolute atomic E-state index is 3.59. The minimum Gasteiger partial charge on any atom is -0.0762 e. The SMILES string of the molecule is C[C]1[C][C]2C=CC=C[C]2[C]1[Si](C)(C)[C]1[C](C)[C][C]2C=CC=C[C]21. The minimum absolute atomic E-state index is 1.25. The van der Waals surface area contributed by atoms with Crippen molar-refractivity contribution in [2.45, 2.75) is 26.9 Å². The van der Waals surface area contributed by atoms with Gasteiger partial charge in [-0.3, -0.25) is 0 Å². The first kappa shape index (κ1) is 15.7. The van der Waals surface area contributed by atoms with Crippen LogP contribution in [0.1, 0.15) is 13.8 Å². The van der Waals surface area contributed by atoms with Crippen LogP contribution in [0, 0.1) is 59.4 Å². The Kier molecular flexibility index (Phi) is 3.83. The third kappa shape index (κ3) is 2.38. The van der Waals surface area contributed by atoms with Gasteiger partial charge in [0.2, 0.25) is 0 Å². The molecule has 0 aliphatic heterocycles. The van der Waals surface area contributed by atoms with E-state index in [2.05, 4.69) is 88.4 Å². The number of rotatable bonds is 2. The van der Waals surface area contributed by atoms with Crippen molar-refractivity contribution in [1.29, 1.82) is 0 Å². The first-order valence-corrected chi connectivity index (χ1v) is 11.2. The average molecular weight is 312 g/mol. The third-order valence-corrected chi connectivity index (χ3v) is 8.83. The monoisotopic (exact) mass is 312 g/mol. The molecule has 0 aromatic heterocycles. The first-order chi connectivity index (χ1) is 11.0. The van der Waals surface area contributed by atoms with E-state index in [1.807, 2.05) is 0 Å². The van der Waals surface area contributed by atoms with Crippen LogP contribution in [-0.4, -0.2) is 8.07 Å². The van der Waals surface area contributed by atoms with Crippen LogP contribution in [0.3, 0.4) is 0 Å². The predicted molar refractivity (Wildman–Crippen MR) is 97.8 cm³/mol. The zero-order valence-corrected chi connectivity index (χ0v) is 15.1. The highest BCUT2D eigenvalue weighted by Gasteiger charge is 2.58. The lowest BCUT2D eigenvalue weighted by Gasteiger charge is -2.43. The van der Waals surface area contributed by atoms with Crippen molar-refractivity contribution >= 4 is 8.07 Å². The summed E-state index contributed by atoms with van der Waals surface area (Å²) in [6, 6.07) is 0. The van der Waals surface area contributed by atoms with Crippen LogP contribution in [0.5, 0.6) is 0 Å². The highest BCUT2D eigenvalue weighted by atomic mass is 28.3. The molecule has 0 heterocycles. The van der Waals surface area contributed by atoms with Crippen LogP contribution >= 0.6 is 0 Å². The second kappa shape index (κ2) is 5.62. The van der Waals surface area contributed by atoms with Crippen LogP contribution in [0.25, 0.3) is 0 Å². The van der Waals surface area contributed by atoms with Crippen LogP contribution in [0.2, 0.25) is 13.1 Å². The van der Waals surface area contributed by atoms with E-state index in [0.29, 0.717) is 0 Å². The van der Waals surface area contributed by atoms with Gasteiger partial charge in [0.05, 0.1) is 8.07 Å². The van der Waals surface area contributed by atoms with Gasteiger partial charge >= 0.3 is 0 Å². The van der Waals surface area contributed by atoms with Crippen molar-refractivity contribution in [3.05, 3.63) is 108 Å². The summed E-state index contributed by atoms with van der Waals surface area (Å²) in [7, 11) is -1.83. The molecular formula is C22H20Si. The molecule has 0 amide bonds. The number of allylic oxidation sites excluding steroid dienone is 8. The zero-order chi connectivity index (χ0) is 16.2. The Morgan fingerprint density at radius 2 is 1.04 bits per heavy atom. The van der Waals surface area contributed by atoms with Crippen molar-refractivity contribution in [2.75, 3.05) is 0 Å². The van der Waals surface area contributed by atoms with Gasteiger partial charge < -0.3 is 0 Å². The fourth-order valence-corrected chi connectivity index (χ4v) is 8.32. The fraction of sp³-hybridized carbons (Fsp3) is 0.182. The Morgan fingerprint density at radius 1 is 0.652 bits per heavy atom. The quantitative estimate of drug-likeness (QED) is 0.639. The molecule has 1 heteroatoms. The Morgan fingerprint density at radius 3 is 1.48 bits per heavy atom. The smallest absolute Gasteiger partial charge is 0.0642 e. The van der Waals surface area contributed by atoms with E-state index in [1.54, 1.807) is 0 Å². The third-order valence-electron chi connectivity index (χ3n) is 5.04. The van der Waals surface area contributed by atoms with Gasteiger partial charge in [0, 0.05) is 36.5 Å². The molecule has 0 N–H and O–H groups in total. The minimum atomic E-state index is -1.83. The summed E-state index contributed by atoms with van der Waals surface area (Å²) < 4.78 is 0. The zero-order valence-electron chi connectivity index (χ0n) is 14.1. The van der Waals surface area contributed by atoms with Crippen LogP contribution in [0.4, 0.5) is 0 Å². The van der Waals surface area contributed by atoms with Gasteiger partial charge in [-0.2, -0.15) is 0 Å². The number of hydrogen-bond acceptors (Lipinski definition) is 0. The van der Waals surface area contributed by atoms with Crippen LogP contribution < -0.4 is 0 Å². The molecule has 0 nitrogen and oxygen atoms in total. The molecular weight excluding hydrogens is 292 g/mol. The van der Waals surface area contributed by atoms with E-state index < -0.39 is 8.07 Å². The van der Waals surface area contributed by atoms with Gasteiger partial charge in [-0.25, -0.2) is 0 Å². The summed E-state index contributed by atoms with van der Waals surface area (Å²) in [4.78, 5) is 0. The van der Waals surface area contributed by atoms with E-state index >= 15 is 0 Å². The van der Waals surface area contributed by atoms with Gasteiger partial charge in [-0.15, -0.1) is 0 Å². The molecule has 112 valence electrons. The van der Waals surface area contributed by atoms with E-state index in [-0.39, 0.29) is 0 Å². The Hall–Kier alpha value is -0.823. The maximum atomic E-state index is 3.59. The Balaban J connectivity index is 1.67. The van der Waals surface area contributed by atoms with Crippen LogP contribution in [-0.2, 0) is 0 Å². The highest BCUT2D eigenvalue weighted by molar-refractivity contribution is 6.90. The lowest BCUT2D eigenvalue weighted by molar-refractivity contribution is 1.07. The van der Waals surface area contributed by atoms with Crippen molar-refractivity contribution in [2.24, 2.45) is 0 Å². The van der Waals surface area contributed by atoms with Crippen LogP contribution in [0.15, 0.2) is 48.6 Å². The molecule has 12 radical (unpaired) electrons. The molecule has 2 saturated carbocycles.